The summed E-state index contributed by atoms with van der Waals surface area (Å²) in [5.74, 6) is -0.350. The molecule has 1 unspecified atom stereocenters. The van der Waals surface area contributed by atoms with Crippen LogP contribution in [0.1, 0.15) is 69.9 Å². The molecule has 1 saturated carbocycles. The molecule has 0 bridgehead atoms. The van der Waals surface area contributed by atoms with Crippen molar-refractivity contribution in [3.8, 4) is 0 Å². The molecule has 1 aromatic rings. The minimum atomic E-state index is -1.37. The van der Waals surface area contributed by atoms with Gasteiger partial charge in [-0.2, -0.15) is 0 Å². The number of hydrogen-bond donors (Lipinski definition) is 4. The number of nitrogens with one attached hydrogen (secondary N) is 2. The number of aliphatic carboxylic acids is 1. The van der Waals surface area contributed by atoms with Gasteiger partial charge in [-0.1, -0.05) is 50.1 Å². The first-order valence-electron chi connectivity index (χ1n) is 11.8. The molecule has 1 amide bonds. The fourth-order valence-electron chi connectivity index (χ4n) is 3.96. The highest BCUT2D eigenvalue weighted by Crippen LogP contribution is 2.32. The molecule has 1 atom stereocenters. The second-order valence-corrected chi connectivity index (χ2v) is 8.81. The number of nitrogens with two attached hydrogens (primary N) is 1. The Bertz CT molecular complexity index is 1000. The Morgan fingerprint density at radius 3 is 2.31 bits per heavy atom. The van der Waals surface area contributed by atoms with E-state index < -0.39 is 11.6 Å². The Morgan fingerprint density at radius 2 is 1.86 bits per heavy atom. The maximum atomic E-state index is 10.5. The number of allylic oxidation sites excluding steroid dienone is 1. The molecule has 190 valence electrons. The first-order valence-corrected chi connectivity index (χ1v) is 11.8. The number of carboxylic acid groups (broad SMARTS) is 1. The molecule has 9 heteroatoms. The third-order valence-corrected chi connectivity index (χ3v) is 6.05. The summed E-state index contributed by atoms with van der Waals surface area (Å²) in [4.78, 5) is 29.8. The third kappa shape index (κ3) is 7.78. The molecule has 3 rings (SSSR count). The molecule has 0 saturated heterocycles. The van der Waals surface area contributed by atoms with Crippen molar-refractivity contribution in [2.45, 2.75) is 64.5 Å². The van der Waals surface area contributed by atoms with E-state index in [2.05, 4.69) is 51.5 Å². The first-order chi connectivity index (χ1) is 16.6. The molecule has 1 aliphatic carbocycles. The lowest BCUT2D eigenvalue weighted by atomic mass is 9.84. The van der Waals surface area contributed by atoms with Crippen LogP contribution in [0.4, 0.5) is 0 Å². The van der Waals surface area contributed by atoms with Crippen LogP contribution < -0.4 is 16.4 Å². The van der Waals surface area contributed by atoms with Crippen LogP contribution in [0.15, 0.2) is 58.4 Å². The van der Waals surface area contributed by atoms with Gasteiger partial charge in [-0.05, 0) is 50.8 Å². The van der Waals surface area contributed by atoms with Crippen LogP contribution in [-0.2, 0) is 14.3 Å². The highest BCUT2D eigenvalue weighted by molar-refractivity contribution is 6.09. The molecule has 0 aromatic heterocycles. The van der Waals surface area contributed by atoms with Crippen molar-refractivity contribution in [1.82, 2.24) is 10.6 Å². The summed E-state index contributed by atoms with van der Waals surface area (Å²) < 4.78 is 5.72. The highest BCUT2D eigenvalue weighted by atomic mass is 16.5. The van der Waals surface area contributed by atoms with Gasteiger partial charge < -0.3 is 20.9 Å². The number of aliphatic imine (C=N–C) groups is 2. The van der Waals surface area contributed by atoms with Crippen LogP contribution in [-0.4, -0.2) is 47.9 Å². The van der Waals surface area contributed by atoms with Gasteiger partial charge in [-0.25, -0.2) is 14.8 Å². The molecular formula is C26H37N5O4. The number of carbonyl (C=O) groups is 2. The van der Waals surface area contributed by atoms with Gasteiger partial charge in [0.15, 0.2) is 5.66 Å². The fraction of sp³-hybridized carbons (Fsp3) is 0.462. The summed E-state index contributed by atoms with van der Waals surface area (Å²) >= 11 is 0. The molecular weight excluding hydrogens is 446 g/mol. The number of benzene rings is 1. The van der Waals surface area contributed by atoms with Crippen molar-refractivity contribution < 1.29 is 19.4 Å². The molecule has 1 aromatic carbocycles. The Morgan fingerprint density at radius 1 is 1.23 bits per heavy atom. The van der Waals surface area contributed by atoms with E-state index in [-0.39, 0.29) is 5.91 Å². The van der Waals surface area contributed by atoms with Gasteiger partial charge in [-0.3, -0.25) is 10.1 Å². The van der Waals surface area contributed by atoms with Crippen molar-refractivity contribution in [2.24, 2.45) is 15.7 Å². The van der Waals surface area contributed by atoms with E-state index in [9.17, 15) is 9.59 Å². The number of nitrogens with zero attached hydrogens (tertiary/aromatic N) is 2. The van der Waals surface area contributed by atoms with Crippen LogP contribution in [0.2, 0.25) is 0 Å². The monoisotopic (exact) mass is 483 g/mol. The quantitative estimate of drug-likeness (QED) is 0.457. The SMILES string of the molecule is C=CN=C1OCC(c2ccc(C3CCCCC3)cc2)=N/C1=C(/C)N.CNC(C)(NC(C)=O)C(=O)O. The zero-order valence-electron chi connectivity index (χ0n) is 21.1. The third-order valence-electron chi connectivity index (χ3n) is 6.05. The second-order valence-electron chi connectivity index (χ2n) is 8.81. The van der Waals surface area contributed by atoms with Gasteiger partial charge in [0.2, 0.25) is 11.8 Å². The lowest BCUT2D eigenvalue weighted by Crippen LogP contribution is -2.60. The van der Waals surface area contributed by atoms with Gasteiger partial charge in [0.05, 0.1) is 5.71 Å². The summed E-state index contributed by atoms with van der Waals surface area (Å²) in [6.45, 7) is 8.43. The Balaban J connectivity index is 0.000000334. The number of carboxylic acids is 1. The fourth-order valence-corrected chi connectivity index (χ4v) is 3.96. The van der Waals surface area contributed by atoms with Crippen LogP contribution >= 0.6 is 0 Å². The second kappa shape index (κ2) is 12.9. The van der Waals surface area contributed by atoms with Gasteiger partial charge in [0, 0.05) is 18.8 Å². The van der Waals surface area contributed by atoms with E-state index in [4.69, 9.17) is 15.6 Å². The Hall–Kier alpha value is -3.46. The number of rotatable bonds is 6. The maximum absolute atomic E-state index is 10.5. The lowest BCUT2D eigenvalue weighted by molar-refractivity contribution is -0.147. The molecule has 0 radical (unpaired) electrons. The Labute approximate surface area is 207 Å². The first kappa shape index (κ1) is 27.8. The molecule has 1 fully saturated rings. The summed E-state index contributed by atoms with van der Waals surface area (Å²) in [5.41, 5.74) is 9.14. The summed E-state index contributed by atoms with van der Waals surface area (Å²) in [6, 6.07) is 8.76. The largest absolute Gasteiger partial charge is 0.478 e. The predicted molar refractivity (Wildman–Crippen MR) is 138 cm³/mol. The van der Waals surface area contributed by atoms with Gasteiger partial charge in [-0.15, -0.1) is 0 Å². The maximum Gasteiger partial charge on any atom is 0.344 e. The zero-order valence-corrected chi connectivity index (χ0v) is 21.1. The average molecular weight is 484 g/mol. The van der Waals surface area contributed by atoms with Crippen molar-refractivity contribution in [1.29, 1.82) is 0 Å². The molecule has 1 heterocycles. The van der Waals surface area contributed by atoms with Crippen molar-refractivity contribution in [2.75, 3.05) is 13.7 Å². The molecule has 0 spiro atoms. The lowest BCUT2D eigenvalue weighted by Gasteiger charge is -2.24. The van der Waals surface area contributed by atoms with E-state index in [1.165, 1.54) is 64.8 Å². The van der Waals surface area contributed by atoms with Crippen LogP contribution in [0, 0.1) is 0 Å². The van der Waals surface area contributed by atoms with Crippen molar-refractivity contribution in [3.05, 3.63) is 59.6 Å². The van der Waals surface area contributed by atoms with E-state index in [1.54, 1.807) is 6.92 Å². The minimum absolute atomic E-state index is 0.385. The predicted octanol–water partition coefficient (Wildman–Crippen LogP) is 3.43. The minimum Gasteiger partial charge on any atom is -0.478 e. The van der Waals surface area contributed by atoms with Gasteiger partial charge >= 0.3 is 5.97 Å². The topological polar surface area (TPSA) is 138 Å². The van der Waals surface area contributed by atoms with Crippen LogP contribution in [0.3, 0.4) is 0 Å². The van der Waals surface area contributed by atoms with E-state index in [1.807, 2.05) is 0 Å². The number of hydrogen-bond acceptors (Lipinski definition) is 7. The molecule has 35 heavy (non-hydrogen) atoms. The van der Waals surface area contributed by atoms with E-state index in [0.29, 0.717) is 29.8 Å². The summed E-state index contributed by atoms with van der Waals surface area (Å²) in [7, 11) is 1.46. The standard InChI is InChI=1S/C20H25N3O.C6H12N2O3/c1-3-22-20-19(14(2)21)23-18(13-24-20)17-11-9-16(10-12-17)15-7-5-4-6-8-15;1-4(9)8-6(2,7-3)5(10)11/h3,9-12,15H,1,4-8,13,21H2,2H3;7H,1-3H3,(H,8,9)(H,10,11)/b19-14-,22-20?;. The van der Waals surface area contributed by atoms with Gasteiger partial charge in [0.25, 0.3) is 0 Å². The van der Waals surface area contributed by atoms with Crippen molar-refractivity contribution >= 4 is 23.5 Å². The highest BCUT2D eigenvalue weighted by Gasteiger charge is 2.31. The number of amides is 1. The molecule has 5 N–H and O–H groups in total. The number of carbonyl (C=O) groups excluding carboxylic acids is 1. The summed E-state index contributed by atoms with van der Waals surface area (Å²) in [5, 5.41) is 13.3. The van der Waals surface area contributed by atoms with E-state index in [0.717, 1.165) is 11.3 Å². The van der Waals surface area contributed by atoms with Crippen LogP contribution in [0.5, 0.6) is 0 Å². The van der Waals surface area contributed by atoms with Crippen LogP contribution in [0.25, 0.3) is 0 Å². The molecule has 9 nitrogen and oxygen atoms in total. The van der Waals surface area contributed by atoms with Gasteiger partial charge in [0.1, 0.15) is 12.3 Å². The smallest absolute Gasteiger partial charge is 0.344 e. The number of likely N-dealkylation sites (N-methyl/N-ethyl adjacent to an activating group) is 1. The molecule has 2 aliphatic rings. The number of ether oxygens (including phenoxy) is 1. The van der Waals surface area contributed by atoms with E-state index >= 15 is 0 Å². The summed E-state index contributed by atoms with van der Waals surface area (Å²) in [6.07, 6.45) is 8.14. The van der Waals surface area contributed by atoms with Crippen molar-refractivity contribution in [3.63, 3.8) is 0 Å². The zero-order chi connectivity index (χ0) is 26.0. The Kier molecular flexibility index (Phi) is 10.2. The average Bonchev–Trinajstić information content (AvgIpc) is 2.85. The molecule has 1 aliphatic heterocycles. The normalized spacial score (nSPS) is 20.3.